The molecule has 0 spiro atoms. The highest BCUT2D eigenvalue weighted by molar-refractivity contribution is 5.71. The molecule has 1 aliphatic carbocycles. The third-order valence-electron chi connectivity index (χ3n) is 3.50. The van der Waals surface area contributed by atoms with Gasteiger partial charge in [-0.05, 0) is 24.7 Å². The smallest absolute Gasteiger partial charge is 0.319 e. The van der Waals surface area contributed by atoms with Crippen LogP contribution in [0.25, 0.3) is 0 Å². The van der Waals surface area contributed by atoms with Crippen LogP contribution in [-0.4, -0.2) is 39.9 Å². The van der Waals surface area contributed by atoms with Crippen molar-refractivity contribution in [2.75, 3.05) is 33.9 Å². The first-order chi connectivity index (χ1) is 7.72. The quantitative estimate of drug-likeness (QED) is 0.669. The van der Waals surface area contributed by atoms with E-state index in [-0.39, 0.29) is 5.97 Å². The van der Waals surface area contributed by atoms with Crippen molar-refractivity contribution in [3.05, 3.63) is 0 Å². The van der Waals surface area contributed by atoms with Crippen molar-refractivity contribution in [2.24, 2.45) is 5.41 Å². The van der Waals surface area contributed by atoms with Crippen molar-refractivity contribution >= 4 is 5.97 Å². The number of rotatable bonds is 7. The van der Waals surface area contributed by atoms with Gasteiger partial charge in [0, 0.05) is 20.3 Å². The molecule has 4 heteroatoms. The predicted molar refractivity (Wildman–Crippen MR) is 62.3 cm³/mol. The first-order valence-electron chi connectivity index (χ1n) is 5.99. The van der Waals surface area contributed by atoms with Crippen LogP contribution in [0.5, 0.6) is 0 Å². The Morgan fingerprint density at radius 1 is 1.31 bits per heavy atom. The van der Waals surface area contributed by atoms with Crippen molar-refractivity contribution < 1.29 is 14.3 Å². The molecule has 0 unspecified atom stereocenters. The van der Waals surface area contributed by atoms with E-state index in [9.17, 15) is 4.79 Å². The molecule has 4 nitrogen and oxygen atoms in total. The van der Waals surface area contributed by atoms with Crippen LogP contribution in [0.1, 0.15) is 32.1 Å². The van der Waals surface area contributed by atoms with Crippen molar-refractivity contribution in [1.82, 2.24) is 5.32 Å². The summed E-state index contributed by atoms with van der Waals surface area (Å²) in [4.78, 5) is 11.0. The average Bonchev–Trinajstić information content (AvgIpc) is 2.75. The maximum atomic E-state index is 11.0. The highest BCUT2D eigenvalue weighted by Crippen LogP contribution is 2.40. The van der Waals surface area contributed by atoms with Gasteiger partial charge in [0.25, 0.3) is 0 Å². The molecule has 1 rings (SSSR count). The van der Waals surface area contributed by atoms with Gasteiger partial charge >= 0.3 is 5.97 Å². The Morgan fingerprint density at radius 2 is 2.00 bits per heavy atom. The fourth-order valence-electron chi connectivity index (χ4n) is 2.46. The Hall–Kier alpha value is -0.610. The third kappa shape index (κ3) is 4.10. The van der Waals surface area contributed by atoms with E-state index in [1.165, 1.54) is 32.8 Å². The highest BCUT2D eigenvalue weighted by atomic mass is 16.5. The molecule has 1 N–H and O–H groups in total. The number of carbonyl (C=O) groups is 1. The van der Waals surface area contributed by atoms with E-state index < -0.39 is 0 Å². The molecule has 0 aromatic heterocycles. The Balaban J connectivity index is 2.30. The Labute approximate surface area is 97.7 Å². The Kier molecular flexibility index (Phi) is 5.77. The molecule has 0 heterocycles. The van der Waals surface area contributed by atoms with Gasteiger partial charge in [-0.1, -0.05) is 12.8 Å². The van der Waals surface area contributed by atoms with Crippen LogP contribution >= 0.6 is 0 Å². The SMILES string of the molecule is COCCC1(CNCC(=O)OC)CCCC1. The van der Waals surface area contributed by atoms with Crippen LogP contribution in [0.3, 0.4) is 0 Å². The zero-order valence-corrected chi connectivity index (χ0v) is 10.4. The van der Waals surface area contributed by atoms with E-state index >= 15 is 0 Å². The molecule has 0 atom stereocenters. The van der Waals surface area contributed by atoms with E-state index in [1.54, 1.807) is 7.11 Å². The molecule has 0 amide bonds. The summed E-state index contributed by atoms with van der Waals surface area (Å²) in [5.41, 5.74) is 0.337. The monoisotopic (exact) mass is 229 g/mol. The zero-order chi connectivity index (χ0) is 11.9. The first-order valence-corrected chi connectivity index (χ1v) is 5.99. The standard InChI is InChI=1S/C12H23NO3/c1-15-8-7-12(5-3-4-6-12)10-13-9-11(14)16-2/h13H,3-10H2,1-2H3. The summed E-state index contributed by atoms with van der Waals surface area (Å²) in [6.45, 7) is 2.01. The largest absolute Gasteiger partial charge is 0.468 e. The number of carbonyl (C=O) groups excluding carboxylic acids is 1. The molecule has 94 valence electrons. The summed E-state index contributed by atoms with van der Waals surface area (Å²) in [6, 6.07) is 0. The number of methoxy groups -OCH3 is 2. The van der Waals surface area contributed by atoms with Gasteiger partial charge in [-0.2, -0.15) is 0 Å². The lowest BCUT2D eigenvalue weighted by Crippen LogP contribution is -2.36. The Bertz CT molecular complexity index is 212. The van der Waals surface area contributed by atoms with E-state index in [1.807, 2.05) is 0 Å². The second kappa shape index (κ2) is 6.86. The lowest BCUT2D eigenvalue weighted by atomic mass is 9.83. The molecule has 0 saturated heterocycles. The van der Waals surface area contributed by atoms with Crippen LogP contribution in [0.2, 0.25) is 0 Å². The summed E-state index contributed by atoms with van der Waals surface area (Å²) in [5, 5.41) is 3.20. The molecule has 0 aliphatic heterocycles. The Morgan fingerprint density at radius 3 is 2.56 bits per heavy atom. The number of nitrogens with one attached hydrogen (secondary N) is 1. The topological polar surface area (TPSA) is 47.6 Å². The summed E-state index contributed by atoms with van der Waals surface area (Å²) >= 11 is 0. The number of ether oxygens (including phenoxy) is 2. The lowest BCUT2D eigenvalue weighted by molar-refractivity contribution is -0.139. The van der Waals surface area contributed by atoms with E-state index in [0.717, 1.165) is 19.6 Å². The molecule has 1 saturated carbocycles. The molecule has 1 fully saturated rings. The molecule has 0 aromatic carbocycles. The minimum absolute atomic E-state index is 0.195. The van der Waals surface area contributed by atoms with Gasteiger partial charge in [-0.25, -0.2) is 0 Å². The van der Waals surface area contributed by atoms with Crippen LogP contribution in [-0.2, 0) is 14.3 Å². The van der Waals surface area contributed by atoms with Crippen LogP contribution in [0.4, 0.5) is 0 Å². The fraction of sp³-hybridized carbons (Fsp3) is 0.917. The van der Waals surface area contributed by atoms with Crippen molar-refractivity contribution in [1.29, 1.82) is 0 Å². The van der Waals surface area contributed by atoms with Gasteiger partial charge in [-0.15, -0.1) is 0 Å². The minimum Gasteiger partial charge on any atom is -0.468 e. The molecule has 0 aromatic rings. The van der Waals surface area contributed by atoms with Crippen LogP contribution in [0.15, 0.2) is 0 Å². The summed E-state index contributed by atoms with van der Waals surface area (Å²) in [7, 11) is 3.16. The van der Waals surface area contributed by atoms with Crippen molar-refractivity contribution in [2.45, 2.75) is 32.1 Å². The maximum absolute atomic E-state index is 11.0. The average molecular weight is 229 g/mol. The first kappa shape index (κ1) is 13.5. The zero-order valence-electron chi connectivity index (χ0n) is 10.4. The number of hydrogen-bond acceptors (Lipinski definition) is 4. The molecular weight excluding hydrogens is 206 g/mol. The summed E-state index contributed by atoms with van der Waals surface area (Å²) in [6.07, 6.45) is 6.15. The maximum Gasteiger partial charge on any atom is 0.319 e. The fourth-order valence-corrected chi connectivity index (χ4v) is 2.46. The minimum atomic E-state index is -0.195. The van der Waals surface area contributed by atoms with Gasteiger partial charge in [0.2, 0.25) is 0 Å². The highest BCUT2D eigenvalue weighted by Gasteiger charge is 2.33. The molecule has 1 aliphatic rings. The van der Waals surface area contributed by atoms with Gasteiger partial charge in [-0.3, -0.25) is 4.79 Å². The van der Waals surface area contributed by atoms with Gasteiger partial charge in [0.15, 0.2) is 0 Å². The molecular formula is C12H23NO3. The summed E-state index contributed by atoms with van der Waals surface area (Å²) < 4.78 is 9.76. The van der Waals surface area contributed by atoms with E-state index in [2.05, 4.69) is 10.1 Å². The van der Waals surface area contributed by atoms with Crippen LogP contribution < -0.4 is 5.32 Å². The van der Waals surface area contributed by atoms with Crippen molar-refractivity contribution in [3.63, 3.8) is 0 Å². The number of esters is 1. The number of hydrogen-bond donors (Lipinski definition) is 1. The third-order valence-corrected chi connectivity index (χ3v) is 3.50. The van der Waals surface area contributed by atoms with Crippen LogP contribution in [0, 0.1) is 5.41 Å². The molecule has 0 bridgehead atoms. The predicted octanol–water partition coefficient (Wildman–Crippen LogP) is 1.35. The molecule has 16 heavy (non-hydrogen) atoms. The van der Waals surface area contributed by atoms with Gasteiger partial charge < -0.3 is 14.8 Å². The van der Waals surface area contributed by atoms with Crippen molar-refractivity contribution in [3.8, 4) is 0 Å². The van der Waals surface area contributed by atoms with E-state index in [0.29, 0.717) is 12.0 Å². The lowest BCUT2D eigenvalue weighted by Gasteiger charge is -2.28. The molecule has 0 radical (unpaired) electrons. The second-order valence-electron chi connectivity index (χ2n) is 4.63. The van der Waals surface area contributed by atoms with E-state index in [4.69, 9.17) is 4.74 Å². The van der Waals surface area contributed by atoms with Gasteiger partial charge in [0.05, 0.1) is 13.7 Å². The summed E-state index contributed by atoms with van der Waals surface area (Å²) in [5.74, 6) is -0.195. The second-order valence-corrected chi connectivity index (χ2v) is 4.63. The normalized spacial score (nSPS) is 18.6. The van der Waals surface area contributed by atoms with Gasteiger partial charge in [0.1, 0.15) is 0 Å².